The number of allylic oxidation sites excluding steroid dienone is 2. The minimum atomic E-state index is -0.416. The summed E-state index contributed by atoms with van der Waals surface area (Å²) in [5.74, 6) is 2.39. The van der Waals surface area contributed by atoms with Crippen molar-refractivity contribution in [2.75, 3.05) is 11.8 Å². The van der Waals surface area contributed by atoms with Crippen molar-refractivity contribution in [2.45, 2.75) is 12.8 Å². The predicted molar refractivity (Wildman–Crippen MR) is 90.4 cm³/mol. The normalized spacial score (nSPS) is 17.9. The predicted octanol–water partition coefficient (Wildman–Crippen LogP) is 2.75. The summed E-state index contributed by atoms with van der Waals surface area (Å²) in [7, 11) is 0. The van der Waals surface area contributed by atoms with Crippen molar-refractivity contribution in [3.8, 4) is 0 Å². The summed E-state index contributed by atoms with van der Waals surface area (Å²) in [6.45, 7) is 0.257. The van der Waals surface area contributed by atoms with Gasteiger partial charge in [-0.1, -0.05) is 0 Å². The van der Waals surface area contributed by atoms with Crippen LogP contribution in [0.2, 0.25) is 0 Å². The van der Waals surface area contributed by atoms with E-state index in [2.05, 4.69) is 10.2 Å². The molecule has 0 atom stereocenters. The molecule has 3 heterocycles. The van der Waals surface area contributed by atoms with E-state index in [9.17, 15) is 10.1 Å². The third-order valence-corrected chi connectivity index (χ3v) is 4.59. The second kappa shape index (κ2) is 5.45. The minimum absolute atomic E-state index is 0.0444. The molecule has 0 radical (unpaired) electrons. The van der Waals surface area contributed by atoms with Gasteiger partial charge in [0, 0.05) is 31.2 Å². The number of non-ortho nitro benzene ring substituents is 1. The average Bonchev–Trinajstić information content (AvgIpc) is 3.26. The smallest absolute Gasteiger partial charge is 0.269 e. The van der Waals surface area contributed by atoms with Crippen molar-refractivity contribution in [1.82, 2.24) is 14.9 Å². The zero-order chi connectivity index (χ0) is 17.7. The molecule has 3 aliphatic rings. The molecular formula is C17H13N5O4. The monoisotopic (exact) mass is 351 g/mol. The Morgan fingerprint density at radius 1 is 1.08 bits per heavy atom. The number of hydrogen-bond acceptors (Lipinski definition) is 7. The van der Waals surface area contributed by atoms with Gasteiger partial charge >= 0.3 is 0 Å². The molecule has 0 unspecified atom stereocenters. The summed E-state index contributed by atoms with van der Waals surface area (Å²) in [5, 5.41) is 21.0. The van der Waals surface area contributed by atoms with Crippen LogP contribution >= 0.6 is 0 Å². The molecule has 2 aliphatic heterocycles. The molecule has 0 bridgehead atoms. The van der Waals surface area contributed by atoms with E-state index in [4.69, 9.17) is 9.47 Å². The zero-order valence-electron chi connectivity index (χ0n) is 13.5. The zero-order valence-corrected chi connectivity index (χ0v) is 13.5. The lowest BCUT2D eigenvalue weighted by Gasteiger charge is -2.23. The van der Waals surface area contributed by atoms with Crippen LogP contribution in [0.3, 0.4) is 0 Å². The molecule has 1 aliphatic carbocycles. The number of fused-ring (bicyclic) bond motifs is 2. The Balaban J connectivity index is 1.60. The van der Waals surface area contributed by atoms with E-state index in [-0.39, 0.29) is 12.5 Å². The fraction of sp³-hybridized carbons (Fsp3) is 0.176. The van der Waals surface area contributed by atoms with Gasteiger partial charge in [-0.3, -0.25) is 15.1 Å². The maximum absolute atomic E-state index is 10.9. The Morgan fingerprint density at radius 2 is 1.81 bits per heavy atom. The molecule has 9 nitrogen and oxygen atoms in total. The maximum atomic E-state index is 10.9. The van der Waals surface area contributed by atoms with Crippen molar-refractivity contribution >= 4 is 17.5 Å². The van der Waals surface area contributed by atoms with Crippen molar-refractivity contribution in [1.29, 1.82) is 0 Å². The first-order chi connectivity index (χ1) is 12.7. The number of nitrogens with zero attached hydrogens (tertiary/aromatic N) is 5. The summed E-state index contributed by atoms with van der Waals surface area (Å²) in [5.41, 5.74) is 2.98. The minimum Gasteiger partial charge on any atom is -0.458 e. The molecule has 1 aromatic carbocycles. The van der Waals surface area contributed by atoms with Crippen LogP contribution in [0.25, 0.3) is 6.08 Å². The van der Waals surface area contributed by atoms with E-state index in [0.717, 1.165) is 28.4 Å². The molecule has 130 valence electrons. The van der Waals surface area contributed by atoms with Gasteiger partial charge in [0.1, 0.15) is 17.8 Å². The Hall–Kier alpha value is -3.62. The highest BCUT2D eigenvalue weighted by Gasteiger charge is 2.30. The second-order valence-electron chi connectivity index (χ2n) is 6.08. The topological polar surface area (TPSA) is 95.6 Å². The lowest BCUT2D eigenvalue weighted by atomic mass is 9.92. The molecule has 9 heteroatoms. The van der Waals surface area contributed by atoms with E-state index in [0.29, 0.717) is 18.7 Å². The van der Waals surface area contributed by atoms with Gasteiger partial charge in [-0.25, -0.2) is 4.68 Å². The van der Waals surface area contributed by atoms with E-state index in [1.165, 1.54) is 12.1 Å². The molecule has 1 aromatic heterocycles. The Labute approximate surface area is 147 Å². The molecule has 26 heavy (non-hydrogen) atoms. The van der Waals surface area contributed by atoms with Crippen molar-refractivity contribution in [3.05, 3.63) is 75.4 Å². The first kappa shape index (κ1) is 14.7. The fourth-order valence-electron chi connectivity index (χ4n) is 3.27. The lowest BCUT2D eigenvalue weighted by molar-refractivity contribution is -0.384. The molecule has 0 fully saturated rings. The number of rotatable bonds is 2. The van der Waals surface area contributed by atoms with Gasteiger partial charge < -0.3 is 9.47 Å². The quantitative estimate of drug-likeness (QED) is 0.606. The first-order valence-corrected chi connectivity index (χ1v) is 8.02. The van der Waals surface area contributed by atoms with Crippen molar-refractivity contribution in [2.24, 2.45) is 0 Å². The SMILES string of the molecule is O=[N+]([O-])c1ccc(N2C=C3CC4=C(CC3=Cc3nncn32)OCO4)cc1. The Kier molecular flexibility index (Phi) is 3.08. The highest BCUT2D eigenvalue weighted by Crippen LogP contribution is 2.40. The number of ether oxygens (including phenoxy) is 2. The summed E-state index contributed by atoms with van der Waals surface area (Å²) in [6.07, 6.45) is 6.84. The van der Waals surface area contributed by atoms with E-state index in [1.807, 2.05) is 17.3 Å². The highest BCUT2D eigenvalue weighted by molar-refractivity contribution is 5.63. The van der Waals surface area contributed by atoms with Crippen LogP contribution in [0.1, 0.15) is 18.7 Å². The molecule has 5 rings (SSSR count). The number of hydrogen-bond donors (Lipinski definition) is 0. The van der Waals surface area contributed by atoms with Crippen molar-refractivity contribution in [3.63, 3.8) is 0 Å². The number of benzene rings is 1. The van der Waals surface area contributed by atoms with Gasteiger partial charge in [0.2, 0.25) is 6.79 Å². The van der Waals surface area contributed by atoms with Gasteiger partial charge in [0.05, 0.1) is 10.6 Å². The molecule has 0 N–H and O–H groups in total. The standard InChI is InChI=1S/C17H13N5O4/c23-22(24)14-3-1-13(2-4-14)20-8-12-6-16-15(25-10-26-16)5-11(12)7-17-19-18-9-21(17)20/h1-4,7-9H,5-6,10H2. The van der Waals surface area contributed by atoms with Crippen LogP contribution in [-0.4, -0.2) is 26.6 Å². The number of nitro groups is 1. The van der Waals surface area contributed by atoms with Gasteiger partial charge in [-0.2, -0.15) is 0 Å². The third kappa shape index (κ3) is 2.25. The van der Waals surface area contributed by atoms with Crippen LogP contribution in [0, 0.1) is 10.1 Å². The summed E-state index contributed by atoms with van der Waals surface area (Å²) in [6, 6.07) is 6.36. The molecule has 0 spiro atoms. The van der Waals surface area contributed by atoms with E-state index >= 15 is 0 Å². The average molecular weight is 351 g/mol. The van der Waals surface area contributed by atoms with Crippen LogP contribution < -0.4 is 5.01 Å². The fourth-order valence-corrected chi connectivity index (χ4v) is 3.27. The highest BCUT2D eigenvalue weighted by atomic mass is 16.7. The van der Waals surface area contributed by atoms with Crippen LogP contribution in [0.15, 0.2) is 59.5 Å². The van der Waals surface area contributed by atoms with Crippen molar-refractivity contribution < 1.29 is 14.4 Å². The Bertz CT molecular complexity index is 1000. The van der Waals surface area contributed by atoms with E-state index < -0.39 is 4.92 Å². The molecule has 0 amide bonds. The Morgan fingerprint density at radius 3 is 2.54 bits per heavy atom. The summed E-state index contributed by atoms with van der Waals surface area (Å²) >= 11 is 0. The lowest BCUT2D eigenvalue weighted by Crippen LogP contribution is -2.24. The van der Waals surface area contributed by atoms with Gasteiger partial charge in [0.25, 0.3) is 5.69 Å². The number of anilines is 1. The molecule has 0 saturated heterocycles. The number of aromatic nitrogens is 3. The molecular weight excluding hydrogens is 338 g/mol. The molecule has 0 saturated carbocycles. The molecule has 2 aromatic rings. The van der Waals surface area contributed by atoms with Gasteiger partial charge in [-0.05, 0) is 29.4 Å². The summed E-state index contributed by atoms with van der Waals surface area (Å²) < 4.78 is 12.9. The first-order valence-electron chi connectivity index (χ1n) is 8.02. The largest absolute Gasteiger partial charge is 0.458 e. The van der Waals surface area contributed by atoms with E-state index in [1.54, 1.807) is 23.1 Å². The van der Waals surface area contributed by atoms with Gasteiger partial charge in [-0.15, -0.1) is 10.2 Å². The second-order valence-corrected chi connectivity index (χ2v) is 6.08. The van der Waals surface area contributed by atoms with Crippen LogP contribution in [0.4, 0.5) is 11.4 Å². The van der Waals surface area contributed by atoms with Crippen LogP contribution in [0.5, 0.6) is 0 Å². The van der Waals surface area contributed by atoms with Gasteiger partial charge in [0.15, 0.2) is 5.82 Å². The number of nitro benzene ring substituents is 1. The summed E-state index contributed by atoms with van der Waals surface area (Å²) in [4.78, 5) is 10.5. The third-order valence-electron chi connectivity index (χ3n) is 4.59. The van der Waals surface area contributed by atoms with Crippen LogP contribution in [-0.2, 0) is 9.47 Å². The maximum Gasteiger partial charge on any atom is 0.269 e.